The minimum atomic E-state index is -1.00. The number of ether oxygens (including phenoxy) is 2. The first-order valence-electron chi connectivity index (χ1n) is 8.02. The molecule has 3 saturated heterocycles. The molecule has 1 aliphatic carbocycles. The van der Waals surface area contributed by atoms with Crippen LogP contribution in [0.2, 0.25) is 0 Å². The third kappa shape index (κ3) is 2.03. The lowest BCUT2D eigenvalue weighted by Crippen LogP contribution is -2.59. The molecule has 0 unspecified atom stereocenters. The highest BCUT2D eigenvalue weighted by molar-refractivity contribution is 5.22. The summed E-state index contributed by atoms with van der Waals surface area (Å²) in [5.41, 5.74) is 0.261. The van der Waals surface area contributed by atoms with Crippen LogP contribution >= 0.6 is 0 Å². The van der Waals surface area contributed by atoms with Crippen molar-refractivity contribution >= 4 is 0 Å². The fourth-order valence-corrected chi connectivity index (χ4v) is 4.20. The van der Waals surface area contributed by atoms with E-state index in [1.165, 1.54) is 18.6 Å². The Balaban J connectivity index is 1.73. The molecule has 1 aromatic carbocycles. The highest BCUT2D eigenvalue weighted by Gasteiger charge is 2.61. The van der Waals surface area contributed by atoms with E-state index in [9.17, 15) is 4.39 Å². The zero-order chi connectivity index (χ0) is 15.2. The van der Waals surface area contributed by atoms with Gasteiger partial charge in [-0.3, -0.25) is 0 Å². The molecule has 22 heavy (non-hydrogen) atoms. The first-order chi connectivity index (χ1) is 10.7. The van der Waals surface area contributed by atoms with Gasteiger partial charge in [-0.05, 0) is 37.3 Å². The van der Waals surface area contributed by atoms with Gasteiger partial charge < -0.3 is 9.47 Å². The van der Waals surface area contributed by atoms with Gasteiger partial charge >= 0.3 is 0 Å². The quantitative estimate of drug-likeness (QED) is 0.782. The van der Waals surface area contributed by atoms with Crippen LogP contribution in [0.3, 0.4) is 0 Å². The molecule has 3 aliphatic heterocycles. The Kier molecular flexibility index (Phi) is 3.49. The van der Waals surface area contributed by atoms with Crippen LogP contribution in [0.5, 0.6) is 0 Å². The maximum atomic E-state index is 13.2. The van der Waals surface area contributed by atoms with Crippen LogP contribution < -0.4 is 0 Å². The summed E-state index contributed by atoms with van der Waals surface area (Å²) in [4.78, 5) is 11.7. The number of benzene rings is 1. The molecular weight excluding hydrogens is 287 g/mol. The third-order valence-electron chi connectivity index (χ3n) is 5.41. The largest absolute Gasteiger partial charge is 0.353 e. The van der Waals surface area contributed by atoms with Gasteiger partial charge in [-0.25, -0.2) is 9.28 Å². The minimum absolute atomic E-state index is 0.279. The molecule has 0 aromatic heterocycles. The number of rotatable bonds is 2. The average molecular weight is 308 g/mol. The van der Waals surface area contributed by atoms with Gasteiger partial charge in [0, 0.05) is 19.1 Å². The molecule has 1 saturated carbocycles. The predicted molar refractivity (Wildman–Crippen MR) is 76.1 cm³/mol. The molecule has 4 atom stereocenters. The lowest BCUT2D eigenvalue weighted by molar-refractivity contribution is -0.558. The monoisotopic (exact) mass is 308 g/mol. The average Bonchev–Trinajstić information content (AvgIpc) is 2.81. The smallest absolute Gasteiger partial charge is 0.230 e. The van der Waals surface area contributed by atoms with Crippen molar-refractivity contribution in [3.63, 3.8) is 0 Å². The van der Waals surface area contributed by atoms with E-state index in [0.29, 0.717) is 12.3 Å². The fourth-order valence-electron chi connectivity index (χ4n) is 4.20. The molecule has 0 N–H and O–H groups in total. The molecule has 0 radical (unpaired) electrons. The molecule has 2 bridgehead atoms. The van der Waals surface area contributed by atoms with E-state index in [1.807, 2.05) is 0 Å². The molecular formula is C17H21FO4. The fraction of sp³-hybridized carbons (Fsp3) is 0.647. The second kappa shape index (κ2) is 5.27. The molecule has 5 heteroatoms. The molecule has 4 nitrogen and oxygen atoms in total. The van der Waals surface area contributed by atoms with E-state index in [0.717, 1.165) is 31.2 Å². The normalized spacial score (nSPS) is 41.0. The Hall–Kier alpha value is -1.01. The zero-order valence-corrected chi connectivity index (χ0v) is 12.7. The van der Waals surface area contributed by atoms with E-state index < -0.39 is 17.7 Å². The molecule has 4 fully saturated rings. The number of hydrogen-bond acceptors (Lipinski definition) is 4. The maximum Gasteiger partial charge on any atom is 0.230 e. The van der Waals surface area contributed by atoms with E-state index >= 15 is 0 Å². The van der Waals surface area contributed by atoms with Crippen molar-refractivity contribution in [3.05, 3.63) is 35.6 Å². The van der Waals surface area contributed by atoms with Gasteiger partial charge in [-0.2, -0.15) is 4.89 Å². The van der Waals surface area contributed by atoms with E-state index in [1.54, 1.807) is 19.2 Å². The van der Waals surface area contributed by atoms with Gasteiger partial charge in [0.05, 0.1) is 0 Å². The van der Waals surface area contributed by atoms with E-state index in [4.69, 9.17) is 19.2 Å². The summed E-state index contributed by atoms with van der Waals surface area (Å²) in [5.74, 6) is -0.910. The lowest BCUT2D eigenvalue weighted by Gasteiger charge is -2.49. The summed E-state index contributed by atoms with van der Waals surface area (Å²) in [6, 6.07) is 6.22. The highest BCUT2D eigenvalue weighted by Crippen LogP contribution is 2.54. The molecule has 1 spiro atoms. The predicted octanol–water partition coefficient (Wildman–Crippen LogP) is 3.65. The molecule has 1 aromatic rings. The summed E-state index contributed by atoms with van der Waals surface area (Å²) in [5, 5.41) is 0. The van der Waals surface area contributed by atoms with Gasteiger partial charge in [0.25, 0.3) is 0 Å². The lowest BCUT2D eigenvalue weighted by atomic mass is 9.73. The standard InChI is InChI=1S/C17H21FO4/c1-19-15-16-10-3-2-4-12(16)9-11-17(20-15,22-21-16)13-5-7-14(18)8-6-13/h5-8,12,15H,2-4,9-11H2,1H3/t12-,15-,16+,17+/m0/s1. The van der Waals surface area contributed by atoms with Crippen LogP contribution in [0.25, 0.3) is 0 Å². The van der Waals surface area contributed by atoms with Crippen molar-refractivity contribution in [1.29, 1.82) is 0 Å². The first kappa shape index (κ1) is 14.6. The minimum Gasteiger partial charge on any atom is -0.353 e. The molecule has 4 aliphatic rings. The third-order valence-corrected chi connectivity index (χ3v) is 5.41. The van der Waals surface area contributed by atoms with Crippen LogP contribution in [0.1, 0.15) is 44.1 Å². The van der Waals surface area contributed by atoms with Crippen molar-refractivity contribution in [2.45, 2.75) is 56.2 Å². The molecule has 5 rings (SSSR count). The SMILES string of the molecule is CO[C@H]1O[C@]2(c3ccc(F)cc3)CC[C@@H]3CCCC[C@@]31OO2. The molecule has 120 valence electrons. The van der Waals surface area contributed by atoms with Gasteiger partial charge in [0.1, 0.15) is 5.82 Å². The zero-order valence-electron chi connectivity index (χ0n) is 12.7. The van der Waals surface area contributed by atoms with Gasteiger partial charge in [0.15, 0.2) is 11.9 Å². The maximum absolute atomic E-state index is 13.2. The van der Waals surface area contributed by atoms with E-state index in [-0.39, 0.29) is 5.82 Å². The Morgan fingerprint density at radius 1 is 1.09 bits per heavy atom. The van der Waals surface area contributed by atoms with Crippen molar-refractivity contribution in [2.24, 2.45) is 5.92 Å². The van der Waals surface area contributed by atoms with Crippen molar-refractivity contribution in [2.75, 3.05) is 7.11 Å². The molecule has 0 amide bonds. The second-order valence-corrected chi connectivity index (χ2v) is 6.55. The van der Waals surface area contributed by atoms with Crippen LogP contribution in [0.4, 0.5) is 4.39 Å². The summed E-state index contributed by atoms with van der Waals surface area (Å²) in [6.45, 7) is 0. The Morgan fingerprint density at radius 2 is 1.91 bits per heavy atom. The summed E-state index contributed by atoms with van der Waals surface area (Å²) < 4.78 is 25.1. The first-order valence-corrected chi connectivity index (χ1v) is 8.02. The summed E-state index contributed by atoms with van der Waals surface area (Å²) in [6.07, 6.45) is 5.46. The van der Waals surface area contributed by atoms with Crippen molar-refractivity contribution < 1.29 is 23.6 Å². The van der Waals surface area contributed by atoms with Gasteiger partial charge in [0.2, 0.25) is 5.79 Å². The Morgan fingerprint density at radius 3 is 2.68 bits per heavy atom. The Bertz CT molecular complexity index is 544. The highest BCUT2D eigenvalue weighted by atomic mass is 19.1. The summed E-state index contributed by atoms with van der Waals surface area (Å²) >= 11 is 0. The van der Waals surface area contributed by atoms with Crippen LogP contribution in [-0.2, 0) is 25.0 Å². The number of methoxy groups -OCH3 is 1. The summed E-state index contributed by atoms with van der Waals surface area (Å²) in [7, 11) is 1.65. The topological polar surface area (TPSA) is 36.9 Å². The van der Waals surface area contributed by atoms with E-state index in [2.05, 4.69) is 0 Å². The van der Waals surface area contributed by atoms with Crippen LogP contribution in [0.15, 0.2) is 24.3 Å². The van der Waals surface area contributed by atoms with Crippen molar-refractivity contribution in [3.8, 4) is 0 Å². The number of fused-ring (bicyclic) bond motifs is 3. The van der Waals surface area contributed by atoms with Gasteiger partial charge in [-0.1, -0.05) is 25.0 Å². The van der Waals surface area contributed by atoms with Crippen molar-refractivity contribution in [1.82, 2.24) is 0 Å². The number of hydrogen-bond donors (Lipinski definition) is 0. The second-order valence-electron chi connectivity index (χ2n) is 6.55. The van der Waals surface area contributed by atoms with Crippen LogP contribution in [-0.4, -0.2) is 19.0 Å². The Labute approximate surface area is 129 Å². The molecule has 3 heterocycles. The van der Waals surface area contributed by atoms with Crippen LogP contribution in [0, 0.1) is 11.7 Å². The van der Waals surface area contributed by atoms with Gasteiger partial charge in [-0.15, -0.1) is 0 Å². The number of halogens is 1.